The number of ether oxygens (including phenoxy) is 3. The monoisotopic (exact) mass is 450 g/mol. The lowest BCUT2D eigenvalue weighted by Crippen LogP contribution is -2.56. The molecule has 174 valence electrons. The molecule has 5 rings (SSSR count). The number of rotatable bonds is 5. The predicted octanol–water partition coefficient (Wildman–Crippen LogP) is 3.80. The maximum atomic E-state index is 13.7. The van der Waals surface area contributed by atoms with E-state index in [2.05, 4.69) is 12.2 Å². The Morgan fingerprint density at radius 3 is 2.48 bits per heavy atom. The van der Waals surface area contributed by atoms with Crippen molar-refractivity contribution in [3.05, 3.63) is 59.2 Å². The number of nitrogens with one attached hydrogen (secondary N) is 1. The summed E-state index contributed by atoms with van der Waals surface area (Å²) < 4.78 is 17.0. The van der Waals surface area contributed by atoms with E-state index in [-0.39, 0.29) is 25.2 Å². The molecule has 7 nitrogen and oxygen atoms in total. The molecule has 0 bridgehead atoms. The predicted molar refractivity (Wildman–Crippen MR) is 122 cm³/mol. The molecule has 1 spiro atoms. The first-order valence-electron chi connectivity index (χ1n) is 11.8. The lowest BCUT2D eigenvalue weighted by atomic mass is 9.89. The Morgan fingerprint density at radius 2 is 1.73 bits per heavy atom. The highest BCUT2D eigenvalue weighted by Crippen LogP contribution is 2.41. The minimum absolute atomic E-state index is 0.139. The molecule has 0 radical (unpaired) electrons. The summed E-state index contributed by atoms with van der Waals surface area (Å²) in [6, 6.07) is 12.6. The van der Waals surface area contributed by atoms with Gasteiger partial charge in [0.15, 0.2) is 11.5 Å². The second-order valence-electron chi connectivity index (χ2n) is 8.96. The summed E-state index contributed by atoms with van der Waals surface area (Å²) in [5.41, 5.74) is 1.98. The summed E-state index contributed by atoms with van der Waals surface area (Å²) in [4.78, 5) is 28.7. The van der Waals surface area contributed by atoms with E-state index < -0.39 is 11.8 Å². The van der Waals surface area contributed by atoms with Gasteiger partial charge in [0.05, 0.1) is 6.61 Å². The van der Waals surface area contributed by atoms with Gasteiger partial charge in [-0.15, -0.1) is 0 Å². The van der Waals surface area contributed by atoms with Crippen molar-refractivity contribution in [2.45, 2.75) is 63.8 Å². The highest BCUT2D eigenvalue weighted by Gasteiger charge is 2.52. The minimum Gasteiger partial charge on any atom is -0.454 e. The van der Waals surface area contributed by atoms with Gasteiger partial charge in [0.25, 0.3) is 5.91 Å². The number of benzene rings is 2. The van der Waals surface area contributed by atoms with Crippen LogP contribution in [0.25, 0.3) is 0 Å². The summed E-state index contributed by atoms with van der Waals surface area (Å²) in [5, 5.41) is 3.00. The van der Waals surface area contributed by atoms with Gasteiger partial charge in [0.1, 0.15) is 11.8 Å². The second-order valence-corrected chi connectivity index (χ2v) is 8.96. The zero-order chi connectivity index (χ0) is 22.8. The van der Waals surface area contributed by atoms with Crippen LogP contribution in [0.4, 0.5) is 0 Å². The minimum atomic E-state index is -0.695. The molecular weight excluding hydrogens is 420 g/mol. The van der Waals surface area contributed by atoms with Crippen molar-refractivity contribution in [3.8, 4) is 11.5 Å². The van der Waals surface area contributed by atoms with Crippen LogP contribution < -0.4 is 14.8 Å². The smallest absolute Gasteiger partial charge is 0.256 e. The lowest BCUT2D eigenvalue weighted by Gasteiger charge is -2.41. The molecule has 2 heterocycles. The number of nitrogens with zero attached hydrogens (tertiary/aromatic N) is 1. The molecular formula is C26H30N2O5. The largest absolute Gasteiger partial charge is 0.454 e. The lowest BCUT2D eigenvalue weighted by molar-refractivity contribution is -0.127. The molecule has 1 saturated heterocycles. The zero-order valence-corrected chi connectivity index (χ0v) is 19.0. The van der Waals surface area contributed by atoms with Crippen molar-refractivity contribution in [2.24, 2.45) is 0 Å². The van der Waals surface area contributed by atoms with Crippen LogP contribution in [0.2, 0.25) is 0 Å². The molecule has 2 fully saturated rings. The molecule has 7 heteroatoms. The highest BCUT2D eigenvalue weighted by molar-refractivity contribution is 5.98. The van der Waals surface area contributed by atoms with Gasteiger partial charge >= 0.3 is 0 Å². The topological polar surface area (TPSA) is 77.1 Å². The number of fused-ring (bicyclic) bond motifs is 1. The summed E-state index contributed by atoms with van der Waals surface area (Å²) >= 11 is 0. The third-order valence-corrected chi connectivity index (χ3v) is 6.93. The SMILES string of the molecule is CCc1ccc(C(=O)N2C(C(=O)NCc3ccc4c(c3)OCO4)COC23CCCCC3)cc1. The van der Waals surface area contributed by atoms with Crippen molar-refractivity contribution >= 4 is 11.8 Å². The molecule has 1 aliphatic carbocycles. The third kappa shape index (κ3) is 4.17. The normalized spacial score (nSPS) is 20.8. The van der Waals surface area contributed by atoms with E-state index >= 15 is 0 Å². The third-order valence-electron chi connectivity index (χ3n) is 6.93. The van der Waals surface area contributed by atoms with Gasteiger partial charge in [-0.1, -0.05) is 31.5 Å². The Hall–Kier alpha value is -3.06. The molecule has 33 heavy (non-hydrogen) atoms. The molecule has 3 aliphatic rings. The molecule has 2 amide bonds. The van der Waals surface area contributed by atoms with E-state index in [1.807, 2.05) is 42.5 Å². The van der Waals surface area contributed by atoms with Crippen molar-refractivity contribution < 1.29 is 23.8 Å². The van der Waals surface area contributed by atoms with Crippen molar-refractivity contribution in [3.63, 3.8) is 0 Å². The number of carbonyl (C=O) groups is 2. The summed E-state index contributed by atoms with van der Waals surface area (Å²) in [6.45, 7) is 2.85. The van der Waals surface area contributed by atoms with Crippen molar-refractivity contribution in [1.82, 2.24) is 10.2 Å². The van der Waals surface area contributed by atoms with E-state index in [0.29, 0.717) is 23.6 Å². The Balaban J connectivity index is 1.35. The highest BCUT2D eigenvalue weighted by atomic mass is 16.7. The average Bonchev–Trinajstić information content (AvgIpc) is 3.47. The van der Waals surface area contributed by atoms with E-state index in [4.69, 9.17) is 14.2 Å². The first-order valence-corrected chi connectivity index (χ1v) is 11.8. The molecule has 1 saturated carbocycles. The average molecular weight is 451 g/mol. The molecule has 1 unspecified atom stereocenters. The fourth-order valence-electron chi connectivity index (χ4n) is 5.05. The van der Waals surface area contributed by atoms with Crippen LogP contribution in [0, 0.1) is 0 Å². The fourth-order valence-corrected chi connectivity index (χ4v) is 5.05. The second kappa shape index (κ2) is 9.06. The number of hydrogen-bond donors (Lipinski definition) is 1. The molecule has 2 aromatic carbocycles. The van der Waals surface area contributed by atoms with Crippen LogP contribution in [-0.2, 0) is 22.5 Å². The van der Waals surface area contributed by atoms with Gasteiger partial charge in [-0.3, -0.25) is 14.5 Å². The van der Waals surface area contributed by atoms with Crippen molar-refractivity contribution in [1.29, 1.82) is 0 Å². The van der Waals surface area contributed by atoms with Gasteiger partial charge < -0.3 is 19.5 Å². The quantitative estimate of drug-likeness (QED) is 0.750. The summed E-state index contributed by atoms with van der Waals surface area (Å²) in [6.07, 6.45) is 5.54. The summed E-state index contributed by atoms with van der Waals surface area (Å²) in [7, 11) is 0. The Kier molecular flexibility index (Phi) is 5.98. The van der Waals surface area contributed by atoms with Crippen molar-refractivity contribution in [2.75, 3.05) is 13.4 Å². The van der Waals surface area contributed by atoms with Gasteiger partial charge in [-0.25, -0.2) is 0 Å². The summed E-state index contributed by atoms with van der Waals surface area (Å²) in [5.74, 6) is 1.05. The first kappa shape index (κ1) is 21.8. The number of aryl methyl sites for hydroxylation is 1. The number of carbonyl (C=O) groups excluding carboxylic acids is 2. The van der Waals surface area contributed by atoms with Crippen LogP contribution in [-0.4, -0.2) is 41.9 Å². The van der Waals surface area contributed by atoms with Crippen LogP contribution in [0.1, 0.15) is 60.5 Å². The Bertz CT molecular complexity index is 1030. The number of amides is 2. The Morgan fingerprint density at radius 1 is 1.00 bits per heavy atom. The van der Waals surface area contributed by atoms with Gasteiger partial charge in [-0.05, 0) is 67.5 Å². The molecule has 1 N–H and O–H groups in total. The zero-order valence-electron chi connectivity index (χ0n) is 19.0. The van der Waals surface area contributed by atoms with E-state index in [1.165, 1.54) is 5.56 Å². The molecule has 0 aromatic heterocycles. The standard InChI is InChI=1S/C26H30N2O5/c1-2-18-6-9-20(10-7-18)25(30)28-21(16-33-26(28)12-4-3-5-13-26)24(29)27-15-19-8-11-22-23(14-19)32-17-31-22/h6-11,14,21H,2-5,12-13,15-17H2,1H3,(H,27,29). The van der Waals surface area contributed by atoms with E-state index in [9.17, 15) is 9.59 Å². The van der Waals surface area contributed by atoms with Gasteiger partial charge in [-0.2, -0.15) is 0 Å². The van der Waals surface area contributed by atoms with Gasteiger partial charge in [0.2, 0.25) is 12.7 Å². The Labute approximate surface area is 194 Å². The molecule has 1 atom stereocenters. The van der Waals surface area contributed by atoms with Crippen LogP contribution in [0.3, 0.4) is 0 Å². The molecule has 2 aliphatic heterocycles. The number of hydrogen-bond acceptors (Lipinski definition) is 5. The van der Waals surface area contributed by atoms with Gasteiger partial charge in [0, 0.05) is 12.1 Å². The first-order chi connectivity index (χ1) is 16.1. The van der Waals surface area contributed by atoms with Crippen LogP contribution >= 0.6 is 0 Å². The van der Waals surface area contributed by atoms with Crippen LogP contribution in [0.15, 0.2) is 42.5 Å². The van der Waals surface area contributed by atoms with Crippen LogP contribution in [0.5, 0.6) is 11.5 Å². The maximum Gasteiger partial charge on any atom is 0.256 e. The van der Waals surface area contributed by atoms with E-state index in [1.54, 1.807) is 4.90 Å². The maximum absolute atomic E-state index is 13.7. The molecule has 2 aromatic rings. The fraction of sp³-hybridized carbons (Fsp3) is 0.462. The van der Waals surface area contributed by atoms with E-state index in [0.717, 1.165) is 44.1 Å².